The number of ether oxygens (including phenoxy) is 1. The predicted octanol–water partition coefficient (Wildman–Crippen LogP) is 1.83. The van der Waals surface area contributed by atoms with Crippen LogP contribution in [0.25, 0.3) is 22.4 Å². The second kappa shape index (κ2) is 13.5. The average Bonchev–Trinajstić information content (AvgIpc) is 3.64. The van der Waals surface area contributed by atoms with Gasteiger partial charge in [0.2, 0.25) is 0 Å². The van der Waals surface area contributed by atoms with Crippen molar-refractivity contribution in [2.45, 2.75) is 70.7 Å². The van der Waals surface area contributed by atoms with E-state index >= 15 is 4.39 Å². The van der Waals surface area contributed by atoms with Gasteiger partial charge in [0.25, 0.3) is 5.89 Å². The number of aliphatic carboxylic acids is 2. The number of nitrogens with one attached hydrogen (secondary N) is 1. The lowest BCUT2D eigenvalue weighted by Crippen LogP contribution is -2.46. The average molecular weight is 590 g/mol. The van der Waals surface area contributed by atoms with Crippen molar-refractivity contribution in [2.75, 3.05) is 31.2 Å². The lowest BCUT2D eigenvalue weighted by molar-refractivity contribution is -0.165. The fourth-order valence-electron chi connectivity index (χ4n) is 5.13. The first-order valence-electron chi connectivity index (χ1n) is 13.8. The summed E-state index contributed by atoms with van der Waals surface area (Å²) in [5, 5.41) is 41.0. The molecule has 2 saturated heterocycles. The lowest BCUT2D eigenvalue weighted by atomic mass is 9.98. The number of rotatable bonds is 8. The third-order valence-corrected chi connectivity index (χ3v) is 7.49. The molecule has 1 aromatic carbocycles. The Bertz CT molecular complexity index is 1400. The monoisotopic (exact) mass is 589 g/mol. The van der Waals surface area contributed by atoms with Crippen molar-refractivity contribution in [3.05, 3.63) is 34.9 Å². The molecule has 4 heterocycles. The molecular formula is C28H36FN5O8. The van der Waals surface area contributed by atoms with E-state index in [-0.39, 0.29) is 5.82 Å². The van der Waals surface area contributed by atoms with Crippen LogP contribution in [0.15, 0.2) is 16.7 Å². The van der Waals surface area contributed by atoms with Crippen LogP contribution in [-0.2, 0) is 20.7 Å². The maximum Gasteiger partial charge on any atom is 0.335 e. The summed E-state index contributed by atoms with van der Waals surface area (Å²) in [5.41, 5.74) is 3.08. The first-order chi connectivity index (χ1) is 20.0. The van der Waals surface area contributed by atoms with Crippen molar-refractivity contribution in [1.82, 2.24) is 20.4 Å². The van der Waals surface area contributed by atoms with Gasteiger partial charge in [-0.05, 0) is 62.8 Å². The van der Waals surface area contributed by atoms with Crippen LogP contribution in [0.3, 0.4) is 0 Å². The number of aliphatic hydroxyl groups excluding tert-OH is 2. The zero-order chi connectivity index (χ0) is 30.6. The van der Waals surface area contributed by atoms with Crippen LogP contribution in [0.5, 0.6) is 0 Å². The molecule has 2 aliphatic heterocycles. The number of aliphatic hydroxyl groups is 2. The maximum atomic E-state index is 15.0. The van der Waals surface area contributed by atoms with E-state index in [9.17, 15) is 9.59 Å². The number of benzene rings is 1. The smallest absolute Gasteiger partial charge is 0.335 e. The molecular weight excluding hydrogens is 553 g/mol. The van der Waals surface area contributed by atoms with Crippen molar-refractivity contribution in [3.63, 3.8) is 0 Å². The van der Waals surface area contributed by atoms with E-state index < -0.39 is 24.1 Å². The van der Waals surface area contributed by atoms with Crippen molar-refractivity contribution < 1.29 is 43.7 Å². The van der Waals surface area contributed by atoms with Crippen molar-refractivity contribution in [3.8, 4) is 11.5 Å². The summed E-state index contributed by atoms with van der Waals surface area (Å²) in [6, 6.07) is 4.52. The number of fused-ring (bicyclic) bond motifs is 1. The first kappa shape index (κ1) is 31.2. The summed E-state index contributed by atoms with van der Waals surface area (Å²) in [6.45, 7) is 9.12. The fourth-order valence-corrected chi connectivity index (χ4v) is 5.13. The summed E-state index contributed by atoms with van der Waals surface area (Å²) in [6.07, 6.45) is -0.708. The number of hydrogen-bond donors (Lipinski definition) is 5. The summed E-state index contributed by atoms with van der Waals surface area (Å²) < 4.78 is 26.1. The lowest BCUT2D eigenvalue weighted by Gasteiger charge is -2.35. The summed E-state index contributed by atoms with van der Waals surface area (Å²) in [5.74, 6) is -2.08. The number of pyridine rings is 1. The summed E-state index contributed by atoms with van der Waals surface area (Å²) >= 11 is 0. The van der Waals surface area contributed by atoms with Gasteiger partial charge in [-0.3, -0.25) is 0 Å². The molecule has 2 aromatic heterocycles. The third-order valence-electron chi connectivity index (χ3n) is 7.49. The maximum absolute atomic E-state index is 15.0. The Morgan fingerprint density at radius 3 is 2.26 bits per heavy atom. The minimum Gasteiger partial charge on any atom is -0.479 e. The quantitative estimate of drug-likeness (QED) is 0.256. The molecule has 0 aliphatic carbocycles. The number of hydrogen-bond acceptors (Lipinski definition) is 11. The molecule has 42 heavy (non-hydrogen) atoms. The Morgan fingerprint density at radius 2 is 1.74 bits per heavy atom. The highest BCUT2D eigenvalue weighted by molar-refractivity contribution is 5.93. The summed E-state index contributed by atoms with van der Waals surface area (Å²) in [7, 11) is 0. The molecule has 2 fully saturated rings. The second-order valence-electron chi connectivity index (χ2n) is 10.5. The molecule has 13 nitrogen and oxygen atoms in total. The van der Waals surface area contributed by atoms with Gasteiger partial charge < -0.3 is 39.9 Å². The van der Waals surface area contributed by atoms with Crippen LogP contribution in [0.2, 0.25) is 0 Å². The van der Waals surface area contributed by atoms with Crippen molar-refractivity contribution in [1.29, 1.82) is 0 Å². The van der Waals surface area contributed by atoms with Gasteiger partial charge in [-0.1, -0.05) is 12.1 Å². The van der Waals surface area contributed by atoms with Gasteiger partial charge in [-0.2, -0.15) is 4.98 Å². The number of carboxylic acids is 2. The summed E-state index contributed by atoms with van der Waals surface area (Å²) in [4.78, 5) is 31.1. The van der Waals surface area contributed by atoms with E-state index in [4.69, 9.17) is 34.7 Å². The van der Waals surface area contributed by atoms with Gasteiger partial charge in [-0.25, -0.2) is 19.0 Å². The van der Waals surface area contributed by atoms with Gasteiger partial charge >= 0.3 is 11.9 Å². The Kier molecular flexibility index (Phi) is 10.0. The van der Waals surface area contributed by atoms with Gasteiger partial charge in [0.15, 0.2) is 18.0 Å². The SMILES string of the molecule is CCc1cc(F)c2nc(N3CCC(N[C@H]4CCOC4)CC3)c(-c3nc(C)no3)c(C)c2c1.O=C(O)[C@H](O)[C@@H](O)C(=O)O. The van der Waals surface area contributed by atoms with Gasteiger partial charge in [-0.15, -0.1) is 0 Å². The number of aromatic nitrogens is 3. The number of aryl methyl sites for hydroxylation is 3. The Hall–Kier alpha value is -3.72. The molecule has 228 valence electrons. The molecule has 0 amide bonds. The molecule has 3 atom stereocenters. The van der Waals surface area contributed by atoms with Gasteiger partial charge in [0.1, 0.15) is 17.2 Å². The van der Waals surface area contributed by atoms with Crippen LogP contribution in [0.1, 0.15) is 43.1 Å². The normalized spacial score (nSPS) is 18.9. The molecule has 0 radical (unpaired) electrons. The number of anilines is 1. The van der Waals surface area contributed by atoms with Crippen LogP contribution >= 0.6 is 0 Å². The van der Waals surface area contributed by atoms with Crippen LogP contribution in [0.4, 0.5) is 10.2 Å². The Morgan fingerprint density at radius 1 is 1.07 bits per heavy atom. The Labute approximate surface area is 241 Å². The topological polar surface area (TPSA) is 191 Å². The van der Waals surface area contributed by atoms with E-state index in [1.165, 1.54) is 0 Å². The standard InChI is InChI=1S/C24H30FN5O2.C4H6O6/c1-4-16-11-19-14(2)21(24-26-15(3)29-32-24)23(28-22(19)20(25)12-16)30-8-5-17(6-9-30)27-18-7-10-31-13-18;5-1(3(7)8)2(6)4(9)10/h11-12,17-18,27H,4-10,13H2,1-3H3;1-2,5-6H,(H,7,8)(H,9,10)/t18-;1-,2-/m01/s1. The second-order valence-corrected chi connectivity index (χ2v) is 10.5. The highest BCUT2D eigenvalue weighted by Crippen LogP contribution is 2.38. The van der Waals surface area contributed by atoms with E-state index in [1.54, 1.807) is 13.0 Å². The van der Waals surface area contributed by atoms with E-state index in [2.05, 4.69) is 20.4 Å². The number of nitrogens with zero attached hydrogens (tertiary/aromatic N) is 4. The number of carbonyl (C=O) groups is 2. The Balaban J connectivity index is 0.000000349. The zero-order valence-corrected chi connectivity index (χ0v) is 23.7. The molecule has 14 heteroatoms. The van der Waals surface area contributed by atoms with E-state index in [0.29, 0.717) is 29.3 Å². The number of piperidine rings is 1. The minimum atomic E-state index is -2.27. The molecule has 0 unspecified atom stereocenters. The fraction of sp³-hybridized carbons (Fsp3) is 0.536. The zero-order valence-electron chi connectivity index (χ0n) is 23.7. The van der Waals surface area contributed by atoms with Gasteiger partial charge in [0.05, 0.1) is 12.2 Å². The van der Waals surface area contributed by atoms with E-state index in [1.807, 2.05) is 19.9 Å². The van der Waals surface area contributed by atoms with Crippen molar-refractivity contribution in [2.24, 2.45) is 0 Å². The predicted molar refractivity (Wildman–Crippen MR) is 149 cm³/mol. The molecule has 0 saturated carbocycles. The molecule has 5 rings (SSSR count). The number of carboxylic acid groups (broad SMARTS) is 2. The van der Waals surface area contributed by atoms with Gasteiger partial charge in [0, 0.05) is 37.2 Å². The van der Waals surface area contributed by atoms with Crippen LogP contribution < -0.4 is 10.2 Å². The van der Waals surface area contributed by atoms with E-state index in [0.717, 1.165) is 79.9 Å². The first-order valence-corrected chi connectivity index (χ1v) is 13.8. The molecule has 3 aromatic rings. The van der Waals surface area contributed by atoms with Crippen molar-refractivity contribution >= 4 is 28.7 Å². The van der Waals surface area contributed by atoms with Crippen LogP contribution in [0, 0.1) is 19.7 Å². The molecule has 2 aliphatic rings. The minimum absolute atomic E-state index is 0.283. The number of halogens is 1. The van der Waals surface area contributed by atoms with Crippen LogP contribution in [-0.4, -0.2) is 98.1 Å². The molecule has 0 bridgehead atoms. The highest BCUT2D eigenvalue weighted by Gasteiger charge is 2.30. The molecule has 5 N–H and O–H groups in total. The molecule has 0 spiro atoms. The largest absolute Gasteiger partial charge is 0.479 e. The third kappa shape index (κ3) is 7.01. The highest BCUT2D eigenvalue weighted by atomic mass is 19.1.